The van der Waals surface area contributed by atoms with Gasteiger partial charge in [-0.15, -0.1) is 0 Å². The van der Waals surface area contributed by atoms with Crippen LogP contribution in [0.5, 0.6) is 0 Å². The topological polar surface area (TPSA) is 119 Å². The summed E-state index contributed by atoms with van der Waals surface area (Å²) in [5.41, 5.74) is 1.63. The van der Waals surface area contributed by atoms with E-state index in [4.69, 9.17) is 9.84 Å². The number of rotatable bonds is 5. The molecular weight excluding hydrogens is 508 g/mol. The third-order valence-electron chi connectivity index (χ3n) is 10.6. The number of Topliss-reactive ketones (excluding diaryl/α,β-unsaturated/α-hetero) is 2. The molecular formula is C32H38N2O6. The molecule has 1 aromatic carbocycles. The van der Waals surface area contributed by atoms with Crippen molar-refractivity contribution in [1.82, 2.24) is 9.78 Å². The van der Waals surface area contributed by atoms with Crippen molar-refractivity contribution in [3.8, 4) is 5.69 Å². The molecule has 0 bridgehead atoms. The molecule has 1 aromatic heterocycles. The second kappa shape index (κ2) is 9.21. The number of carbonyl (C=O) groups excluding carboxylic acids is 3. The maximum absolute atomic E-state index is 14.0. The number of benzene rings is 1. The third kappa shape index (κ3) is 3.72. The van der Waals surface area contributed by atoms with E-state index >= 15 is 0 Å². The van der Waals surface area contributed by atoms with Crippen LogP contribution >= 0.6 is 0 Å². The molecule has 1 heterocycles. The zero-order chi connectivity index (χ0) is 28.6. The van der Waals surface area contributed by atoms with Crippen LogP contribution in [0.4, 0.5) is 0 Å². The van der Waals surface area contributed by atoms with E-state index in [1.807, 2.05) is 43.8 Å². The lowest BCUT2D eigenvalue weighted by atomic mass is 9.46. The minimum absolute atomic E-state index is 0.0477. The molecule has 4 aliphatic rings. The third-order valence-corrected chi connectivity index (χ3v) is 10.6. The normalized spacial score (nSPS) is 34.4. The lowest BCUT2D eigenvalue weighted by Crippen LogP contribution is -2.61. The van der Waals surface area contributed by atoms with E-state index in [2.05, 4.69) is 13.0 Å². The second-order valence-corrected chi connectivity index (χ2v) is 13.1. The minimum Gasteiger partial charge on any atom is -0.459 e. The number of carbonyl (C=O) groups is 3. The van der Waals surface area contributed by atoms with E-state index in [9.17, 15) is 24.6 Å². The maximum atomic E-state index is 14.0. The van der Waals surface area contributed by atoms with Gasteiger partial charge in [-0.3, -0.25) is 9.59 Å². The maximum Gasteiger partial charge on any atom is 0.338 e. The van der Waals surface area contributed by atoms with E-state index in [0.29, 0.717) is 24.8 Å². The average molecular weight is 547 g/mol. The number of hydrogen-bond donors (Lipinski definition) is 2. The van der Waals surface area contributed by atoms with Gasteiger partial charge in [-0.2, -0.15) is 5.10 Å². The van der Waals surface area contributed by atoms with Gasteiger partial charge in [-0.25, -0.2) is 9.48 Å². The van der Waals surface area contributed by atoms with Crippen LogP contribution in [0.1, 0.15) is 81.4 Å². The molecule has 8 heteroatoms. The van der Waals surface area contributed by atoms with Crippen LogP contribution in [-0.4, -0.2) is 55.8 Å². The van der Waals surface area contributed by atoms with Gasteiger partial charge in [-0.1, -0.05) is 25.5 Å². The second-order valence-electron chi connectivity index (χ2n) is 13.1. The first-order chi connectivity index (χ1) is 18.9. The smallest absolute Gasteiger partial charge is 0.338 e. The van der Waals surface area contributed by atoms with Crippen molar-refractivity contribution >= 4 is 23.6 Å². The quantitative estimate of drug-likeness (QED) is 0.542. The van der Waals surface area contributed by atoms with Crippen molar-refractivity contribution in [1.29, 1.82) is 0 Å². The van der Waals surface area contributed by atoms with E-state index < -0.39 is 23.4 Å². The lowest BCUT2D eigenvalue weighted by Gasteiger charge is -2.57. The van der Waals surface area contributed by atoms with Gasteiger partial charge < -0.3 is 14.9 Å². The number of allylic oxidation sites excluding steroid dienone is 1. The summed E-state index contributed by atoms with van der Waals surface area (Å²) in [7, 11) is 0. The molecule has 6 atom stereocenters. The highest BCUT2D eigenvalue weighted by Gasteiger charge is 2.68. The van der Waals surface area contributed by atoms with Gasteiger partial charge in [0.15, 0.2) is 5.78 Å². The Balaban J connectivity index is 1.33. The largest absolute Gasteiger partial charge is 0.459 e. The number of nitrogens with zero attached hydrogens (tertiary/aromatic N) is 2. The van der Waals surface area contributed by atoms with Gasteiger partial charge in [-0.05, 0) is 87.6 Å². The summed E-state index contributed by atoms with van der Waals surface area (Å²) in [6, 6.07) is 7.28. The number of hydrogen-bond acceptors (Lipinski definition) is 7. The highest BCUT2D eigenvalue weighted by Crippen LogP contribution is 2.66. The molecule has 2 aromatic rings. The van der Waals surface area contributed by atoms with Crippen LogP contribution in [0.15, 0.2) is 36.0 Å². The molecule has 0 radical (unpaired) electrons. The molecule has 2 N–H and O–H groups in total. The summed E-state index contributed by atoms with van der Waals surface area (Å²) >= 11 is 0. The van der Waals surface area contributed by atoms with Gasteiger partial charge in [0.1, 0.15) is 18.0 Å². The molecule has 40 heavy (non-hydrogen) atoms. The number of aliphatic hydroxyl groups excluding tert-OH is 1. The van der Waals surface area contributed by atoms with Crippen LogP contribution in [0.25, 0.3) is 11.8 Å². The van der Waals surface area contributed by atoms with Crippen molar-refractivity contribution in [2.24, 2.45) is 28.6 Å². The molecule has 4 aliphatic carbocycles. The van der Waals surface area contributed by atoms with Gasteiger partial charge in [0, 0.05) is 23.2 Å². The summed E-state index contributed by atoms with van der Waals surface area (Å²) in [6.07, 6.45) is 7.29. The van der Waals surface area contributed by atoms with Gasteiger partial charge in [0.2, 0.25) is 0 Å². The van der Waals surface area contributed by atoms with E-state index in [1.165, 1.54) is 5.57 Å². The monoisotopic (exact) mass is 546 g/mol. The van der Waals surface area contributed by atoms with Crippen LogP contribution in [0.3, 0.4) is 0 Å². The number of aliphatic hydroxyl groups is 2. The summed E-state index contributed by atoms with van der Waals surface area (Å²) in [5.74, 6) is -0.898. The number of aromatic nitrogens is 2. The predicted molar refractivity (Wildman–Crippen MR) is 148 cm³/mol. The number of esters is 1. The molecule has 8 nitrogen and oxygen atoms in total. The van der Waals surface area contributed by atoms with E-state index in [0.717, 1.165) is 29.8 Å². The summed E-state index contributed by atoms with van der Waals surface area (Å²) in [5, 5.41) is 25.7. The Morgan fingerprint density at radius 2 is 1.98 bits per heavy atom. The lowest BCUT2D eigenvalue weighted by molar-refractivity contribution is -0.169. The predicted octanol–water partition coefficient (Wildman–Crippen LogP) is 4.09. The first-order valence-corrected chi connectivity index (χ1v) is 14.4. The molecule has 0 aliphatic heterocycles. The molecule has 3 fully saturated rings. The Labute approximate surface area is 234 Å². The molecule has 6 rings (SSSR count). The number of ketones is 2. The highest BCUT2D eigenvalue weighted by molar-refractivity contribution is 5.93. The molecule has 0 unspecified atom stereocenters. The SMILES string of the molecule is CC(C)OC(=O)c1cccc(-n2ncc3c2C=C2CC[C@@H]4[C@H](C(=O)C[C@@]5(C)[C@H]4CC[C@]5(O)C(=O)CO)[C@@]2(C)C3)c1. The minimum atomic E-state index is -1.65. The zero-order valence-corrected chi connectivity index (χ0v) is 23.6. The van der Waals surface area contributed by atoms with Crippen LogP contribution in [0, 0.1) is 28.6 Å². The molecule has 0 spiro atoms. The molecule has 212 valence electrons. The number of ether oxygens (including phenoxy) is 1. The Morgan fingerprint density at radius 3 is 2.70 bits per heavy atom. The van der Waals surface area contributed by atoms with Crippen molar-refractivity contribution in [3.05, 3.63) is 52.9 Å². The fraction of sp³-hybridized carbons (Fsp3) is 0.562. The first kappa shape index (κ1) is 27.1. The highest BCUT2D eigenvalue weighted by atomic mass is 16.5. The van der Waals surface area contributed by atoms with Crippen molar-refractivity contribution < 1.29 is 29.3 Å². The average Bonchev–Trinajstić information content (AvgIpc) is 3.43. The van der Waals surface area contributed by atoms with Crippen molar-refractivity contribution in [3.63, 3.8) is 0 Å². The standard InChI is InChI=1S/C32H38N2O6/c1-18(2)40-29(38)19-6-5-7-22(12-19)34-25-13-21-8-9-23-24-10-11-32(39,27(37)17-35)31(24,4)15-26(36)28(23)30(21,3)14-20(25)16-33-34/h5-7,12-13,16,18,23-24,28,35,39H,8-11,14-15,17H2,1-4H3/t23-,24-,28+,30-,31-,32-/m0/s1. The zero-order valence-electron chi connectivity index (χ0n) is 23.6. The van der Waals surface area contributed by atoms with Gasteiger partial charge >= 0.3 is 5.97 Å². The molecule has 3 saturated carbocycles. The van der Waals surface area contributed by atoms with Crippen LogP contribution < -0.4 is 0 Å². The summed E-state index contributed by atoms with van der Waals surface area (Å²) in [4.78, 5) is 39.1. The Kier molecular flexibility index (Phi) is 6.24. The number of fused-ring (bicyclic) bond motifs is 6. The Hall–Kier alpha value is -3.10. The first-order valence-electron chi connectivity index (χ1n) is 14.4. The fourth-order valence-corrected chi connectivity index (χ4v) is 8.73. The Morgan fingerprint density at radius 1 is 1.20 bits per heavy atom. The Bertz CT molecular complexity index is 1440. The summed E-state index contributed by atoms with van der Waals surface area (Å²) in [6.45, 7) is 7.01. The van der Waals surface area contributed by atoms with E-state index in [-0.39, 0.29) is 47.4 Å². The van der Waals surface area contributed by atoms with Crippen LogP contribution in [0.2, 0.25) is 0 Å². The molecule has 0 saturated heterocycles. The van der Waals surface area contributed by atoms with Gasteiger partial charge in [0.05, 0.1) is 29.2 Å². The summed E-state index contributed by atoms with van der Waals surface area (Å²) < 4.78 is 7.23. The molecule has 0 amide bonds. The van der Waals surface area contributed by atoms with Gasteiger partial charge in [0.25, 0.3) is 0 Å². The van der Waals surface area contributed by atoms with Crippen molar-refractivity contribution in [2.45, 2.75) is 77.9 Å². The van der Waals surface area contributed by atoms with Crippen molar-refractivity contribution in [2.75, 3.05) is 6.61 Å². The van der Waals surface area contributed by atoms with Crippen LogP contribution in [-0.2, 0) is 20.7 Å². The van der Waals surface area contributed by atoms with E-state index in [1.54, 1.807) is 12.1 Å². The fourth-order valence-electron chi connectivity index (χ4n) is 8.73.